The fourth-order valence-corrected chi connectivity index (χ4v) is 4.65. The molecule has 1 N–H and O–H groups in total. The first-order valence-electron chi connectivity index (χ1n) is 11.8. The number of anilines is 1. The van der Waals surface area contributed by atoms with E-state index in [-0.39, 0.29) is 5.78 Å². The summed E-state index contributed by atoms with van der Waals surface area (Å²) in [5.74, 6) is 0.833. The smallest absolute Gasteiger partial charge is 0.368 e. The van der Waals surface area contributed by atoms with E-state index in [2.05, 4.69) is 64.7 Å². The monoisotopic (exact) mass is 449 g/mol. The molecule has 0 amide bonds. The van der Waals surface area contributed by atoms with Gasteiger partial charge >= 0.3 is 5.78 Å². The number of nitrogens with zero attached hydrogens (tertiary/aromatic N) is 3. The SMILES string of the molecule is CCN(CC)c1ccc(C=CC(=O)c2c(-c3ccccc3)[nH]c3n2c2ccccc2[n+]3C)cc1. The summed E-state index contributed by atoms with van der Waals surface area (Å²) in [6.07, 6.45) is 3.57. The summed E-state index contributed by atoms with van der Waals surface area (Å²) in [5, 5.41) is 0. The minimum atomic E-state index is -0.0423. The standard InChI is InChI=1S/C29H28N4O/c1-4-32(5-2)23-18-15-21(16-19-23)17-20-26(34)28-27(22-11-7-6-8-12-22)30-29-31(3)24-13-9-10-14-25(24)33(28)29/h6-20H,4-5H2,1-3H3/p+1. The van der Waals surface area contributed by atoms with Gasteiger partial charge in [0, 0.05) is 24.3 Å². The highest BCUT2D eigenvalue weighted by molar-refractivity contribution is 6.10. The molecule has 0 bridgehead atoms. The summed E-state index contributed by atoms with van der Waals surface area (Å²) >= 11 is 0. The molecule has 0 atom stereocenters. The topological polar surface area (TPSA) is 44.4 Å². The Morgan fingerprint density at radius 3 is 2.32 bits per heavy atom. The molecule has 0 aliphatic heterocycles. The van der Waals surface area contributed by atoms with Crippen LogP contribution in [-0.2, 0) is 7.05 Å². The summed E-state index contributed by atoms with van der Waals surface area (Å²) in [7, 11) is 2.02. The van der Waals surface area contributed by atoms with E-state index < -0.39 is 0 Å². The van der Waals surface area contributed by atoms with E-state index in [0.717, 1.165) is 46.7 Å². The minimum absolute atomic E-state index is 0.0423. The number of rotatable bonds is 7. The van der Waals surface area contributed by atoms with Crippen molar-refractivity contribution in [2.75, 3.05) is 18.0 Å². The van der Waals surface area contributed by atoms with Gasteiger partial charge < -0.3 is 4.90 Å². The molecule has 0 fully saturated rings. The van der Waals surface area contributed by atoms with E-state index in [4.69, 9.17) is 0 Å². The van der Waals surface area contributed by atoms with E-state index in [1.54, 1.807) is 6.08 Å². The summed E-state index contributed by atoms with van der Waals surface area (Å²) in [6, 6.07) is 26.5. The molecule has 5 heteroatoms. The molecular formula is C29H29N4O+. The molecule has 34 heavy (non-hydrogen) atoms. The molecule has 5 rings (SSSR count). The number of aryl methyl sites for hydroxylation is 1. The maximum atomic E-state index is 13.7. The number of allylic oxidation sites excluding steroid dienone is 1. The van der Waals surface area contributed by atoms with Gasteiger partial charge in [0.25, 0.3) is 0 Å². The van der Waals surface area contributed by atoms with Crippen LogP contribution in [0, 0.1) is 0 Å². The first kappa shape index (κ1) is 21.7. The van der Waals surface area contributed by atoms with Crippen molar-refractivity contribution in [1.29, 1.82) is 0 Å². The lowest BCUT2D eigenvalue weighted by molar-refractivity contribution is -0.620. The normalized spacial score (nSPS) is 11.6. The predicted molar refractivity (Wildman–Crippen MR) is 139 cm³/mol. The Morgan fingerprint density at radius 1 is 0.941 bits per heavy atom. The maximum Gasteiger partial charge on any atom is 0.368 e. The number of ketones is 1. The van der Waals surface area contributed by atoms with Gasteiger partial charge in [-0.05, 0) is 49.8 Å². The lowest BCUT2D eigenvalue weighted by atomic mass is 10.1. The highest BCUT2D eigenvalue weighted by Gasteiger charge is 2.29. The third-order valence-corrected chi connectivity index (χ3v) is 6.46. The number of imidazole rings is 2. The van der Waals surface area contributed by atoms with Crippen LogP contribution in [0.2, 0.25) is 0 Å². The van der Waals surface area contributed by atoms with Crippen LogP contribution in [0.5, 0.6) is 0 Å². The molecular weight excluding hydrogens is 420 g/mol. The largest absolute Gasteiger partial charge is 0.372 e. The Balaban J connectivity index is 1.59. The summed E-state index contributed by atoms with van der Waals surface area (Å²) in [5.41, 5.74) is 6.70. The Hall–Kier alpha value is -4.12. The highest BCUT2D eigenvalue weighted by Crippen LogP contribution is 2.28. The Labute approximate surface area is 199 Å². The van der Waals surface area contributed by atoms with Gasteiger partial charge in [-0.25, -0.2) is 9.55 Å². The van der Waals surface area contributed by atoms with Crippen LogP contribution < -0.4 is 9.47 Å². The van der Waals surface area contributed by atoms with Crippen LogP contribution in [0.25, 0.3) is 34.1 Å². The Kier molecular flexibility index (Phi) is 5.76. The van der Waals surface area contributed by atoms with E-state index in [9.17, 15) is 4.79 Å². The third-order valence-electron chi connectivity index (χ3n) is 6.46. The van der Waals surface area contributed by atoms with E-state index >= 15 is 0 Å². The average Bonchev–Trinajstić information content (AvgIpc) is 3.41. The number of aromatic amines is 1. The van der Waals surface area contributed by atoms with Crippen LogP contribution in [0.4, 0.5) is 5.69 Å². The number of H-pyrrole nitrogens is 1. The Morgan fingerprint density at radius 2 is 1.62 bits per heavy atom. The van der Waals surface area contributed by atoms with Gasteiger partial charge in [-0.2, -0.15) is 4.40 Å². The van der Waals surface area contributed by atoms with Crippen LogP contribution in [0.3, 0.4) is 0 Å². The van der Waals surface area contributed by atoms with Gasteiger partial charge in [0.15, 0.2) is 5.69 Å². The second-order valence-corrected chi connectivity index (χ2v) is 8.38. The molecule has 2 heterocycles. The second-order valence-electron chi connectivity index (χ2n) is 8.38. The molecule has 0 radical (unpaired) electrons. The maximum absolute atomic E-state index is 13.7. The van der Waals surface area contributed by atoms with Crippen molar-refractivity contribution >= 4 is 34.4 Å². The van der Waals surface area contributed by atoms with Crippen molar-refractivity contribution < 1.29 is 9.36 Å². The number of carbonyl (C=O) groups is 1. The van der Waals surface area contributed by atoms with Gasteiger partial charge in [0.2, 0.25) is 5.78 Å². The van der Waals surface area contributed by atoms with E-state index in [1.165, 1.54) is 5.69 Å². The first-order chi connectivity index (χ1) is 16.6. The van der Waals surface area contributed by atoms with Crippen molar-refractivity contribution in [2.24, 2.45) is 7.05 Å². The van der Waals surface area contributed by atoms with Crippen molar-refractivity contribution in [3.05, 3.63) is 96.2 Å². The number of hydrogen-bond donors (Lipinski definition) is 1. The molecule has 5 nitrogen and oxygen atoms in total. The van der Waals surface area contributed by atoms with Gasteiger partial charge in [0.1, 0.15) is 16.7 Å². The van der Waals surface area contributed by atoms with E-state index in [1.807, 2.05) is 60.0 Å². The number of carbonyl (C=O) groups excluding carboxylic acids is 1. The molecule has 170 valence electrons. The van der Waals surface area contributed by atoms with Gasteiger partial charge in [-0.15, -0.1) is 0 Å². The average molecular weight is 450 g/mol. The fourth-order valence-electron chi connectivity index (χ4n) is 4.65. The predicted octanol–water partition coefficient (Wildman–Crippen LogP) is 5.65. The van der Waals surface area contributed by atoms with Crippen molar-refractivity contribution in [2.45, 2.75) is 13.8 Å². The quantitative estimate of drug-likeness (QED) is 0.198. The zero-order valence-electron chi connectivity index (χ0n) is 19.8. The molecule has 0 unspecified atom stereocenters. The molecule has 3 aromatic carbocycles. The molecule has 0 saturated carbocycles. The summed E-state index contributed by atoms with van der Waals surface area (Å²) < 4.78 is 4.13. The number of benzene rings is 3. The molecule has 5 aromatic rings. The summed E-state index contributed by atoms with van der Waals surface area (Å²) in [6.45, 7) is 6.25. The van der Waals surface area contributed by atoms with Crippen LogP contribution in [-0.4, -0.2) is 28.3 Å². The van der Waals surface area contributed by atoms with Gasteiger partial charge in [-0.1, -0.05) is 60.7 Å². The lowest BCUT2D eigenvalue weighted by Gasteiger charge is -2.20. The molecule has 0 aliphatic carbocycles. The fraction of sp³-hybridized carbons (Fsp3) is 0.172. The zero-order chi connectivity index (χ0) is 23.7. The molecule has 0 spiro atoms. The Bertz CT molecular complexity index is 1490. The molecule has 0 saturated heterocycles. The van der Waals surface area contributed by atoms with Gasteiger partial charge in [0.05, 0.1) is 7.05 Å². The lowest BCUT2D eigenvalue weighted by Crippen LogP contribution is -2.27. The van der Waals surface area contributed by atoms with Gasteiger partial charge in [-0.3, -0.25) is 4.79 Å². The number of fused-ring (bicyclic) bond motifs is 3. The zero-order valence-corrected chi connectivity index (χ0v) is 19.8. The first-order valence-corrected chi connectivity index (χ1v) is 11.8. The molecule has 2 aromatic heterocycles. The van der Waals surface area contributed by atoms with Crippen molar-refractivity contribution in [3.63, 3.8) is 0 Å². The van der Waals surface area contributed by atoms with Crippen molar-refractivity contribution in [3.8, 4) is 11.3 Å². The number of aromatic nitrogens is 3. The highest BCUT2D eigenvalue weighted by atomic mass is 16.1. The number of hydrogen-bond acceptors (Lipinski definition) is 2. The summed E-state index contributed by atoms with van der Waals surface area (Å²) in [4.78, 5) is 19.5. The minimum Gasteiger partial charge on any atom is -0.372 e. The second kappa shape index (κ2) is 9.02. The van der Waals surface area contributed by atoms with Crippen molar-refractivity contribution in [1.82, 2.24) is 9.38 Å². The van der Waals surface area contributed by atoms with Crippen LogP contribution in [0.15, 0.2) is 84.9 Å². The molecule has 0 aliphatic rings. The number of para-hydroxylation sites is 2. The van der Waals surface area contributed by atoms with E-state index in [0.29, 0.717) is 5.69 Å². The van der Waals surface area contributed by atoms with Crippen LogP contribution >= 0.6 is 0 Å². The number of nitrogens with one attached hydrogen (secondary N) is 1. The van der Waals surface area contributed by atoms with Crippen LogP contribution in [0.1, 0.15) is 29.9 Å². The third kappa shape index (κ3) is 3.69.